The van der Waals surface area contributed by atoms with Crippen molar-refractivity contribution in [2.75, 3.05) is 5.75 Å². The van der Waals surface area contributed by atoms with Crippen LogP contribution in [0.3, 0.4) is 0 Å². The van der Waals surface area contributed by atoms with E-state index in [0.717, 1.165) is 16.0 Å². The van der Waals surface area contributed by atoms with Gasteiger partial charge in [0.2, 0.25) is 6.41 Å². The minimum atomic E-state index is -3.48. The summed E-state index contributed by atoms with van der Waals surface area (Å²) in [6.07, 6.45) is 2.70. The summed E-state index contributed by atoms with van der Waals surface area (Å²) in [7, 11) is -3.48. The largest absolute Gasteiger partial charge is 0.276 e. The Balaban J connectivity index is 2.21. The predicted molar refractivity (Wildman–Crippen MR) is 111 cm³/mol. The molecular formula is C21H30N2O4S. The van der Waals surface area contributed by atoms with Crippen LogP contribution in [0.15, 0.2) is 36.5 Å². The second-order valence-electron chi connectivity index (χ2n) is 8.54. The second-order valence-corrected chi connectivity index (χ2v) is 10.7. The van der Waals surface area contributed by atoms with Crippen molar-refractivity contribution in [1.82, 2.24) is 10.0 Å². The van der Waals surface area contributed by atoms with Gasteiger partial charge in [0.1, 0.15) is 0 Å². The molecule has 1 unspecified atom stereocenters. The van der Waals surface area contributed by atoms with E-state index < -0.39 is 21.5 Å². The number of amides is 1. The van der Waals surface area contributed by atoms with Crippen LogP contribution in [-0.2, 0) is 25.2 Å². The summed E-state index contributed by atoms with van der Waals surface area (Å²) in [5.74, 6) is -0.0670. The molecule has 0 aliphatic heterocycles. The molecular weight excluding hydrogens is 376 g/mol. The average molecular weight is 407 g/mol. The number of hydrogen-bond acceptors (Lipinski definition) is 5. The number of para-hydroxylation sites is 1. The molecule has 28 heavy (non-hydrogen) atoms. The molecule has 2 aromatic rings. The smallest absolute Gasteiger partial charge is 0.233 e. The Bertz CT molecular complexity index is 904. The summed E-state index contributed by atoms with van der Waals surface area (Å²) in [5, 5.41) is 2.07. The van der Waals surface area contributed by atoms with Crippen LogP contribution in [0.2, 0.25) is 0 Å². The van der Waals surface area contributed by atoms with E-state index in [1.54, 1.807) is 6.20 Å². The van der Waals surface area contributed by atoms with E-state index in [1.165, 1.54) is 0 Å². The van der Waals surface area contributed by atoms with E-state index in [1.807, 2.05) is 65.0 Å². The summed E-state index contributed by atoms with van der Waals surface area (Å²) in [4.78, 5) is 21.6. The van der Waals surface area contributed by atoms with Gasteiger partial charge < -0.3 is 0 Å². The lowest BCUT2D eigenvalue weighted by molar-refractivity contribution is -0.231. The lowest BCUT2D eigenvalue weighted by atomic mass is 10.1. The van der Waals surface area contributed by atoms with E-state index >= 15 is 0 Å². The molecule has 6 nitrogen and oxygen atoms in total. The highest BCUT2D eigenvalue weighted by molar-refractivity contribution is 7.90. The van der Waals surface area contributed by atoms with Crippen LogP contribution in [0.25, 0.3) is 10.9 Å². The Hall–Kier alpha value is -1.99. The number of fused-ring (bicyclic) bond motifs is 1. The first-order valence-corrected chi connectivity index (χ1v) is 11.3. The number of benzene rings is 1. The normalized spacial score (nSPS) is 13.6. The third-order valence-electron chi connectivity index (χ3n) is 4.07. The zero-order valence-corrected chi connectivity index (χ0v) is 18.1. The number of carbonyl (C=O) groups excluding carboxylic acids is 1. The number of aromatic nitrogens is 1. The van der Waals surface area contributed by atoms with Crippen molar-refractivity contribution in [2.45, 2.75) is 58.4 Å². The maximum absolute atomic E-state index is 12.9. The van der Waals surface area contributed by atoms with E-state index in [4.69, 9.17) is 4.84 Å². The van der Waals surface area contributed by atoms with E-state index in [2.05, 4.69) is 4.98 Å². The van der Waals surface area contributed by atoms with Crippen molar-refractivity contribution in [3.8, 4) is 0 Å². The third-order valence-corrected chi connectivity index (χ3v) is 5.73. The molecule has 7 heteroatoms. The molecule has 154 valence electrons. The number of hydrogen-bond donors (Lipinski definition) is 0. The maximum atomic E-state index is 12.9. The van der Waals surface area contributed by atoms with Gasteiger partial charge in [0.15, 0.2) is 9.84 Å². The number of hydroxylamine groups is 2. The molecule has 0 saturated carbocycles. The zero-order valence-electron chi connectivity index (χ0n) is 17.3. The van der Waals surface area contributed by atoms with E-state index in [9.17, 15) is 13.2 Å². The number of nitrogens with zero attached hydrogens (tertiary/aromatic N) is 2. The Kier molecular flexibility index (Phi) is 7.17. The fraction of sp³-hybridized carbons (Fsp3) is 0.524. The van der Waals surface area contributed by atoms with Crippen LogP contribution in [0, 0.1) is 5.92 Å². The molecule has 0 spiro atoms. The highest BCUT2D eigenvalue weighted by atomic mass is 32.2. The van der Waals surface area contributed by atoms with Crippen molar-refractivity contribution >= 4 is 27.2 Å². The first-order chi connectivity index (χ1) is 13.0. The Labute approximate surface area is 167 Å². The molecule has 1 amide bonds. The van der Waals surface area contributed by atoms with Crippen LogP contribution in [0.1, 0.15) is 46.6 Å². The first-order valence-electron chi connectivity index (χ1n) is 9.46. The topological polar surface area (TPSA) is 76.6 Å². The molecule has 0 saturated heterocycles. The quantitative estimate of drug-likeness (QED) is 0.468. The SMILES string of the molecule is CC(C)CC(CS(=O)(=O)Cc1cnc2ccccc2c1)N(C=O)OC(C)(C)C. The standard InChI is InChI=1S/C21H30N2O4S/c1-16(2)10-19(23(15-24)27-21(3,4)5)14-28(25,26)13-17-11-18-8-6-7-9-20(18)22-12-17/h6-9,11-12,15-16,19H,10,13-14H2,1-5H3. The minimum absolute atomic E-state index is 0.123. The molecule has 1 heterocycles. The molecule has 1 atom stereocenters. The maximum Gasteiger partial charge on any atom is 0.233 e. The van der Waals surface area contributed by atoms with Crippen LogP contribution in [0.4, 0.5) is 0 Å². The minimum Gasteiger partial charge on any atom is -0.276 e. The van der Waals surface area contributed by atoms with Crippen molar-refractivity contribution < 1.29 is 18.0 Å². The highest BCUT2D eigenvalue weighted by Gasteiger charge is 2.29. The van der Waals surface area contributed by atoms with Gasteiger partial charge in [-0.3, -0.25) is 14.6 Å². The molecule has 0 radical (unpaired) electrons. The molecule has 1 aromatic heterocycles. The highest BCUT2D eigenvalue weighted by Crippen LogP contribution is 2.20. The molecule has 0 fully saturated rings. The van der Waals surface area contributed by atoms with Crippen LogP contribution in [-0.4, -0.2) is 42.3 Å². The number of carbonyl (C=O) groups is 1. The molecule has 0 bridgehead atoms. The fourth-order valence-corrected chi connectivity index (χ4v) is 4.74. The third kappa shape index (κ3) is 6.87. The van der Waals surface area contributed by atoms with Crippen molar-refractivity contribution in [1.29, 1.82) is 0 Å². The van der Waals surface area contributed by atoms with Crippen LogP contribution in [0.5, 0.6) is 0 Å². The first kappa shape index (κ1) is 22.3. The summed E-state index contributed by atoms with van der Waals surface area (Å²) in [5.41, 5.74) is 0.866. The van der Waals surface area contributed by atoms with Crippen LogP contribution >= 0.6 is 0 Å². The van der Waals surface area contributed by atoms with Gasteiger partial charge in [-0.25, -0.2) is 13.5 Å². The van der Waals surface area contributed by atoms with Crippen LogP contribution < -0.4 is 0 Å². The molecule has 0 aliphatic rings. The van der Waals surface area contributed by atoms with Gasteiger partial charge in [-0.1, -0.05) is 32.0 Å². The van der Waals surface area contributed by atoms with Gasteiger partial charge in [0, 0.05) is 11.6 Å². The number of sulfone groups is 1. The van der Waals surface area contributed by atoms with E-state index in [-0.39, 0.29) is 17.4 Å². The zero-order chi connectivity index (χ0) is 20.9. The molecule has 1 aromatic carbocycles. The predicted octanol–water partition coefficient (Wildman–Crippen LogP) is 3.75. The Morgan fingerprint density at radius 1 is 1.21 bits per heavy atom. The molecule has 2 rings (SSSR count). The summed E-state index contributed by atoms with van der Waals surface area (Å²) in [6, 6.07) is 8.89. The van der Waals surface area contributed by atoms with Crippen molar-refractivity contribution in [3.05, 3.63) is 42.1 Å². The van der Waals surface area contributed by atoms with Gasteiger partial charge in [-0.2, -0.15) is 0 Å². The van der Waals surface area contributed by atoms with Gasteiger partial charge >= 0.3 is 0 Å². The number of rotatable bonds is 9. The lowest BCUT2D eigenvalue weighted by Gasteiger charge is -2.33. The molecule has 0 N–H and O–H groups in total. The summed E-state index contributed by atoms with van der Waals surface area (Å²) in [6.45, 7) is 9.46. The number of pyridine rings is 1. The average Bonchev–Trinajstić information content (AvgIpc) is 2.57. The van der Waals surface area contributed by atoms with Gasteiger partial charge in [0.05, 0.1) is 28.7 Å². The van der Waals surface area contributed by atoms with Gasteiger partial charge in [-0.15, -0.1) is 0 Å². The fourth-order valence-electron chi connectivity index (χ4n) is 3.09. The monoisotopic (exact) mass is 406 g/mol. The Morgan fingerprint density at radius 2 is 1.89 bits per heavy atom. The summed E-state index contributed by atoms with van der Waals surface area (Å²) < 4.78 is 25.8. The lowest BCUT2D eigenvalue weighted by Crippen LogP contribution is -2.44. The van der Waals surface area contributed by atoms with E-state index in [0.29, 0.717) is 18.4 Å². The molecule has 0 aliphatic carbocycles. The van der Waals surface area contributed by atoms with Crippen molar-refractivity contribution in [2.24, 2.45) is 5.92 Å². The van der Waals surface area contributed by atoms with Gasteiger partial charge in [-0.05, 0) is 50.8 Å². The summed E-state index contributed by atoms with van der Waals surface area (Å²) >= 11 is 0. The van der Waals surface area contributed by atoms with Crippen molar-refractivity contribution in [3.63, 3.8) is 0 Å². The Morgan fingerprint density at radius 3 is 2.50 bits per heavy atom. The van der Waals surface area contributed by atoms with Gasteiger partial charge in [0.25, 0.3) is 0 Å². The second kappa shape index (κ2) is 9.01.